The minimum atomic E-state index is -0.987. The van der Waals surface area contributed by atoms with E-state index in [1.807, 2.05) is 0 Å². The lowest BCUT2D eigenvalue weighted by atomic mass is 10.0. The number of halogens is 1. The van der Waals surface area contributed by atoms with E-state index in [0.29, 0.717) is 29.9 Å². The Labute approximate surface area is 158 Å². The van der Waals surface area contributed by atoms with E-state index in [0.717, 1.165) is 12.8 Å². The van der Waals surface area contributed by atoms with Gasteiger partial charge < -0.3 is 14.4 Å². The first kappa shape index (κ1) is 18.5. The van der Waals surface area contributed by atoms with Gasteiger partial charge in [-0.25, -0.2) is 9.97 Å². The highest BCUT2D eigenvalue weighted by Crippen LogP contribution is 2.24. The SMILES string of the molecule is CC(C)(Oc1ccc(Cl)cc1)C(=O)N1CCCC(Oc2ncccn2)C1. The molecule has 138 valence electrons. The molecule has 1 aliphatic heterocycles. The molecule has 3 rings (SSSR count). The minimum Gasteiger partial charge on any atom is -0.478 e. The molecule has 1 fully saturated rings. The third-order valence-corrected chi connectivity index (χ3v) is 4.43. The van der Waals surface area contributed by atoms with Crippen molar-refractivity contribution < 1.29 is 14.3 Å². The second-order valence-corrected chi connectivity index (χ2v) is 7.17. The molecule has 7 heteroatoms. The van der Waals surface area contributed by atoms with E-state index < -0.39 is 5.60 Å². The van der Waals surface area contributed by atoms with Crippen LogP contribution in [0, 0.1) is 0 Å². The molecule has 0 spiro atoms. The van der Waals surface area contributed by atoms with E-state index in [9.17, 15) is 4.79 Å². The van der Waals surface area contributed by atoms with Crippen molar-refractivity contribution in [2.24, 2.45) is 0 Å². The van der Waals surface area contributed by atoms with Crippen LogP contribution < -0.4 is 9.47 Å². The quantitative estimate of drug-likeness (QED) is 0.801. The average Bonchev–Trinajstić information content (AvgIpc) is 2.64. The zero-order chi connectivity index (χ0) is 18.6. The second-order valence-electron chi connectivity index (χ2n) is 6.73. The van der Waals surface area contributed by atoms with Crippen LogP contribution >= 0.6 is 11.6 Å². The van der Waals surface area contributed by atoms with Gasteiger partial charge in [0, 0.05) is 24.0 Å². The number of benzene rings is 1. The van der Waals surface area contributed by atoms with E-state index in [1.165, 1.54) is 0 Å². The fraction of sp³-hybridized carbons (Fsp3) is 0.421. The Bertz CT molecular complexity index is 737. The summed E-state index contributed by atoms with van der Waals surface area (Å²) >= 11 is 5.89. The monoisotopic (exact) mass is 375 g/mol. The topological polar surface area (TPSA) is 64.5 Å². The van der Waals surface area contributed by atoms with Gasteiger partial charge in [0.2, 0.25) is 0 Å². The first-order chi connectivity index (χ1) is 12.4. The standard InChI is InChI=1S/C19H22ClN3O3/c1-19(2,26-15-8-6-14(20)7-9-15)17(24)23-12-3-5-16(13-23)25-18-21-10-4-11-22-18/h4,6-11,16H,3,5,12-13H2,1-2H3. The summed E-state index contributed by atoms with van der Waals surface area (Å²) in [5.41, 5.74) is -0.987. The molecule has 26 heavy (non-hydrogen) atoms. The predicted octanol–water partition coefficient (Wildman–Crippen LogP) is 3.36. The van der Waals surface area contributed by atoms with Gasteiger partial charge in [-0.2, -0.15) is 0 Å². The van der Waals surface area contributed by atoms with Crippen molar-refractivity contribution in [1.29, 1.82) is 0 Å². The molecule has 2 aromatic rings. The molecule has 0 aliphatic carbocycles. The number of aromatic nitrogens is 2. The summed E-state index contributed by atoms with van der Waals surface area (Å²) in [6.45, 7) is 4.72. The van der Waals surface area contributed by atoms with Crippen LogP contribution in [-0.4, -0.2) is 45.6 Å². The summed E-state index contributed by atoms with van der Waals surface area (Å²) in [6.07, 6.45) is 4.87. The van der Waals surface area contributed by atoms with Crippen molar-refractivity contribution in [1.82, 2.24) is 14.9 Å². The van der Waals surface area contributed by atoms with Gasteiger partial charge in [0.15, 0.2) is 5.60 Å². The maximum atomic E-state index is 13.0. The molecule has 1 unspecified atom stereocenters. The Morgan fingerprint density at radius 2 is 1.92 bits per heavy atom. The lowest BCUT2D eigenvalue weighted by Gasteiger charge is -2.37. The van der Waals surface area contributed by atoms with Crippen molar-refractivity contribution in [2.75, 3.05) is 13.1 Å². The van der Waals surface area contributed by atoms with Gasteiger partial charge >= 0.3 is 6.01 Å². The zero-order valence-electron chi connectivity index (χ0n) is 14.9. The molecule has 1 aromatic heterocycles. The van der Waals surface area contributed by atoms with Crippen LogP contribution in [0.15, 0.2) is 42.7 Å². The number of carbonyl (C=O) groups is 1. The highest BCUT2D eigenvalue weighted by atomic mass is 35.5. The molecular weight excluding hydrogens is 354 g/mol. The maximum absolute atomic E-state index is 13.0. The molecular formula is C19H22ClN3O3. The number of hydrogen-bond donors (Lipinski definition) is 0. The molecule has 1 aromatic carbocycles. The summed E-state index contributed by atoms with van der Waals surface area (Å²) in [6, 6.07) is 9.06. The normalized spacial score (nSPS) is 17.7. The van der Waals surface area contributed by atoms with Crippen LogP contribution in [0.1, 0.15) is 26.7 Å². The molecule has 0 radical (unpaired) electrons. The average molecular weight is 376 g/mol. The van der Waals surface area contributed by atoms with Gasteiger partial charge in [-0.05, 0) is 57.0 Å². The Morgan fingerprint density at radius 3 is 2.62 bits per heavy atom. The lowest BCUT2D eigenvalue weighted by molar-refractivity contribution is -0.148. The van der Waals surface area contributed by atoms with Crippen LogP contribution in [-0.2, 0) is 4.79 Å². The molecule has 0 saturated carbocycles. The highest BCUT2D eigenvalue weighted by Gasteiger charge is 2.37. The van der Waals surface area contributed by atoms with E-state index in [-0.39, 0.29) is 12.0 Å². The third-order valence-electron chi connectivity index (χ3n) is 4.18. The second kappa shape index (κ2) is 7.91. The summed E-state index contributed by atoms with van der Waals surface area (Å²) in [5.74, 6) is 0.532. The first-order valence-corrected chi connectivity index (χ1v) is 8.99. The Kier molecular flexibility index (Phi) is 5.61. The summed E-state index contributed by atoms with van der Waals surface area (Å²) < 4.78 is 11.7. The number of ether oxygens (including phenoxy) is 2. The van der Waals surface area contributed by atoms with Crippen LogP contribution in [0.2, 0.25) is 5.02 Å². The Balaban J connectivity index is 1.63. The van der Waals surface area contributed by atoms with Gasteiger partial charge in [-0.3, -0.25) is 4.79 Å². The minimum absolute atomic E-state index is 0.0743. The molecule has 6 nitrogen and oxygen atoms in total. The molecule has 1 saturated heterocycles. The van der Waals surface area contributed by atoms with E-state index in [4.69, 9.17) is 21.1 Å². The summed E-state index contributed by atoms with van der Waals surface area (Å²) in [7, 11) is 0. The molecule has 2 heterocycles. The number of amides is 1. The number of hydrogen-bond acceptors (Lipinski definition) is 5. The zero-order valence-corrected chi connectivity index (χ0v) is 15.6. The smallest absolute Gasteiger partial charge is 0.316 e. The molecule has 1 amide bonds. The van der Waals surface area contributed by atoms with Gasteiger partial charge in [-0.1, -0.05) is 11.6 Å². The van der Waals surface area contributed by atoms with Gasteiger partial charge in [-0.15, -0.1) is 0 Å². The number of nitrogens with zero attached hydrogens (tertiary/aromatic N) is 3. The van der Waals surface area contributed by atoms with Gasteiger partial charge in [0.25, 0.3) is 5.91 Å². The largest absolute Gasteiger partial charge is 0.478 e. The predicted molar refractivity (Wildman–Crippen MR) is 98.4 cm³/mol. The van der Waals surface area contributed by atoms with Crippen LogP contribution in [0.25, 0.3) is 0 Å². The number of carbonyl (C=O) groups excluding carboxylic acids is 1. The maximum Gasteiger partial charge on any atom is 0.316 e. The van der Waals surface area contributed by atoms with Crippen LogP contribution in [0.5, 0.6) is 11.8 Å². The van der Waals surface area contributed by atoms with Crippen molar-refractivity contribution >= 4 is 17.5 Å². The highest BCUT2D eigenvalue weighted by molar-refractivity contribution is 6.30. The number of likely N-dealkylation sites (tertiary alicyclic amines) is 1. The Hall–Kier alpha value is -2.34. The van der Waals surface area contributed by atoms with Crippen molar-refractivity contribution in [2.45, 2.75) is 38.4 Å². The van der Waals surface area contributed by atoms with Gasteiger partial charge in [0.1, 0.15) is 11.9 Å². The fourth-order valence-electron chi connectivity index (χ4n) is 2.94. The Morgan fingerprint density at radius 1 is 1.23 bits per heavy atom. The van der Waals surface area contributed by atoms with Crippen LogP contribution in [0.3, 0.4) is 0 Å². The molecule has 0 bridgehead atoms. The van der Waals surface area contributed by atoms with Gasteiger partial charge in [0.05, 0.1) is 6.54 Å². The van der Waals surface area contributed by atoms with E-state index in [1.54, 1.807) is 61.5 Å². The van der Waals surface area contributed by atoms with Crippen molar-refractivity contribution in [3.8, 4) is 11.8 Å². The fourth-order valence-corrected chi connectivity index (χ4v) is 3.06. The molecule has 1 aliphatic rings. The summed E-state index contributed by atoms with van der Waals surface area (Å²) in [4.78, 5) is 22.9. The first-order valence-electron chi connectivity index (χ1n) is 8.62. The van der Waals surface area contributed by atoms with E-state index >= 15 is 0 Å². The van der Waals surface area contributed by atoms with Crippen molar-refractivity contribution in [3.63, 3.8) is 0 Å². The third kappa shape index (κ3) is 4.64. The lowest BCUT2D eigenvalue weighted by Crippen LogP contribution is -2.53. The number of rotatable bonds is 5. The molecule has 1 atom stereocenters. The summed E-state index contributed by atoms with van der Waals surface area (Å²) in [5, 5.41) is 0.626. The number of piperidine rings is 1. The van der Waals surface area contributed by atoms with Crippen molar-refractivity contribution in [3.05, 3.63) is 47.7 Å². The molecule has 0 N–H and O–H groups in total. The van der Waals surface area contributed by atoms with Crippen LogP contribution in [0.4, 0.5) is 0 Å². The van der Waals surface area contributed by atoms with E-state index in [2.05, 4.69) is 9.97 Å².